The van der Waals surface area contributed by atoms with E-state index in [1.165, 1.54) is 56.9 Å². The Balaban J connectivity index is 1.42. The molecule has 1 aliphatic carbocycles. The summed E-state index contributed by atoms with van der Waals surface area (Å²) in [6.07, 6.45) is 9.97. The third kappa shape index (κ3) is 7.62. The Labute approximate surface area is 226 Å². The second-order valence-corrected chi connectivity index (χ2v) is 10.7. The fourth-order valence-electron chi connectivity index (χ4n) is 5.25. The van der Waals surface area contributed by atoms with Crippen molar-refractivity contribution in [3.63, 3.8) is 0 Å². The monoisotopic (exact) mass is 520 g/mol. The molecule has 4 rings (SSSR count). The summed E-state index contributed by atoms with van der Waals surface area (Å²) in [4.78, 5) is 23.4. The van der Waals surface area contributed by atoms with Crippen LogP contribution in [-0.4, -0.2) is 31.9 Å². The molecule has 1 heterocycles. The van der Waals surface area contributed by atoms with Gasteiger partial charge in [-0.2, -0.15) is 0 Å². The Morgan fingerprint density at radius 2 is 1.61 bits per heavy atom. The number of unbranched alkanes of at least 4 members (excludes halogenated alkanes) is 2. The molecule has 1 aliphatic heterocycles. The van der Waals surface area contributed by atoms with E-state index in [-0.39, 0.29) is 25.7 Å². The van der Waals surface area contributed by atoms with E-state index in [4.69, 9.17) is 18.9 Å². The third-order valence-electron chi connectivity index (χ3n) is 7.62. The van der Waals surface area contributed by atoms with Crippen LogP contribution in [-0.2, 0) is 14.3 Å². The van der Waals surface area contributed by atoms with Crippen molar-refractivity contribution in [2.45, 2.75) is 71.1 Å². The lowest BCUT2D eigenvalue weighted by Gasteiger charge is -2.29. The van der Waals surface area contributed by atoms with Crippen LogP contribution >= 0.6 is 0 Å². The van der Waals surface area contributed by atoms with Crippen molar-refractivity contribution in [2.75, 3.05) is 19.8 Å². The van der Waals surface area contributed by atoms with Gasteiger partial charge in [0.25, 0.3) is 0 Å². The zero-order chi connectivity index (χ0) is 26.9. The summed E-state index contributed by atoms with van der Waals surface area (Å²) in [7, 11) is 0. The van der Waals surface area contributed by atoms with Gasteiger partial charge >= 0.3 is 12.1 Å². The number of hydrogen-bond acceptors (Lipinski definition) is 6. The summed E-state index contributed by atoms with van der Waals surface area (Å²) in [5, 5.41) is 0. The van der Waals surface area contributed by atoms with Crippen molar-refractivity contribution in [2.24, 2.45) is 11.8 Å². The Morgan fingerprint density at radius 3 is 2.26 bits per heavy atom. The highest BCUT2D eigenvalue weighted by molar-refractivity contribution is 5.89. The average Bonchev–Trinajstić information content (AvgIpc) is 2.94. The minimum absolute atomic E-state index is 0.101. The minimum Gasteiger partial charge on any atom is -0.489 e. The summed E-state index contributed by atoms with van der Waals surface area (Å²) in [6.45, 7) is 8.28. The standard InChI is InChI=1S/C32H40O6/c1-4-5-6-7-23-8-10-25(11-9-23)26-12-14-27(15-13-26)28-16-17-29(30(18-28)38-31(33)22(2)3)35-19-24-20-36-32(34)37-21-24/h12-18,23-25H,2,4-11,19-21H2,1,3H3. The van der Waals surface area contributed by atoms with Gasteiger partial charge in [-0.05, 0) is 73.3 Å². The molecule has 38 heavy (non-hydrogen) atoms. The maximum absolute atomic E-state index is 12.3. The summed E-state index contributed by atoms with van der Waals surface area (Å²) >= 11 is 0. The first-order valence-corrected chi connectivity index (χ1v) is 14.0. The molecule has 2 aromatic carbocycles. The molecule has 6 heteroatoms. The van der Waals surface area contributed by atoms with Crippen molar-refractivity contribution in [1.82, 2.24) is 0 Å². The van der Waals surface area contributed by atoms with Crippen molar-refractivity contribution in [1.29, 1.82) is 0 Å². The van der Waals surface area contributed by atoms with Crippen LogP contribution in [0.4, 0.5) is 4.79 Å². The molecule has 204 valence electrons. The third-order valence-corrected chi connectivity index (χ3v) is 7.62. The molecule has 2 aliphatic rings. The predicted octanol–water partition coefficient (Wildman–Crippen LogP) is 7.85. The van der Waals surface area contributed by atoms with Crippen LogP contribution in [0, 0.1) is 11.8 Å². The molecule has 0 aromatic heterocycles. The molecule has 0 amide bonds. The average molecular weight is 521 g/mol. The van der Waals surface area contributed by atoms with E-state index >= 15 is 0 Å². The number of esters is 1. The second-order valence-electron chi connectivity index (χ2n) is 10.7. The van der Waals surface area contributed by atoms with Crippen LogP contribution in [0.15, 0.2) is 54.6 Å². The van der Waals surface area contributed by atoms with Gasteiger partial charge in [-0.1, -0.05) is 69.5 Å². The van der Waals surface area contributed by atoms with Crippen LogP contribution in [0.25, 0.3) is 11.1 Å². The first-order chi connectivity index (χ1) is 18.4. The zero-order valence-electron chi connectivity index (χ0n) is 22.7. The number of ether oxygens (including phenoxy) is 4. The number of benzene rings is 2. The summed E-state index contributed by atoms with van der Waals surface area (Å²) in [5.41, 5.74) is 3.69. The molecule has 0 N–H and O–H groups in total. The highest BCUT2D eigenvalue weighted by atomic mass is 16.7. The maximum atomic E-state index is 12.3. The van der Waals surface area contributed by atoms with Crippen LogP contribution in [0.1, 0.15) is 76.7 Å². The van der Waals surface area contributed by atoms with Gasteiger partial charge in [0.15, 0.2) is 11.5 Å². The molecule has 0 atom stereocenters. The normalized spacial score (nSPS) is 19.8. The molecule has 1 saturated heterocycles. The molecule has 2 fully saturated rings. The van der Waals surface area contributed by atoms with E-state index in [2.05, 4.69) is 37.8 Å². The number of carbonyl (C=O) groups is 2. The van der Waals surface area contributed by atoms with Crippen LogP contribution in [0.3, 0.4) is 0 Å². The second kappa shape index (κ2) is 13.5. The van der Waals surface area contributed by atoms with E-state index in [0.717, 1.165) is 17.0 Å². The number of carbonyl (C=O) groups excluding carboxylic acids is 2. The van der Waals surface area contributed by atoms with Gasteiger partial charge in [-0.25, -0.2) is 9.59 Å². The Morgan fingerprint density at radius 1 is 0.921 bits per heavy atom. The van der Waals surface area contributed by atoms with E-state index in [1.807, 2.05) is 12.1 Å². The van der Waals surface area contributed by atoms with Crippen LogP contribution in [0.2, 0.25) is 0 Å². The Bertz CT molecular complexity index is 1090. The van der Waals surface area contributed by atoms with Gasteiger partial charge in [0.2, 0.25) is 0 Å². The van der Waals surface area contributed by atoms with Gasteiger partial charge in [0.1, 0.15) is 13.2 Å². The first-order valence-electron chi connectivity index (χ1n) is 14.0. The Kier molecular flexibility index (Phi) is 9.85. The van der Waals surface area contributed by atoms with Crippen LogP contribution in [0.5, 0.6) is 11.5 Å². The van der Waals surface area contributed by atoms with Crippen molar-refractivity contribution >= 4 is 12.1 Å². The SMILES string of the molecule is C=C(C)C(=O)Oc1cc(-c2ccc(C3CCC(CCCCC)CC3)cc2)ccc1OCC1COC(=O)OC1. The molecular formula is C32H40O6. The molecule has 0 spiro atoms. The largest absolute Gasteiger partial charge is 0.508 e. The molecule has 6 nitrogen and oxygen atoms in total. The number of rotatable bonds is 11. The first kappa shape index (κ1) is 27.7. The van der Waals surface area contributed by atoms with Gasteiger partial charge in [0, 0.05) is 5.57 Å². The fourth-order valence-corrected chi connectivity index (χ4v) is 5.25. The van der Waals surface area contributed by atoms with Gasteiger partial charge in [0.05, 0.1) is 12.5 Å². The minimum atomic E-state index is -0.664. The van der Waals surface area contributed by atoms with Gasteiger partial charge in [-0.3, -0.25) is 0 Å². The smallest absolute Gasteiger partial charge is 0.489 e. The summed E-state index contributed by atoms with van der Waals surface area (Å²) in [6, 6.07) is 14.4. The van der Waals surface area contributed by atoms with Crippen molar-refractivity contribution in [3.8, 4) is 22.6 Å². The molecule has 0 bridgehead atoms. The van der Waals surface area contributed by atoms with E-state index in [9.17, 15) is 9.59 Å². The highest BCUT2D eigenvalue weighted by Gasteiger charge is 2.24. The maximum Gasteiger partial charge on any atom is 0.508 e. The van der Waals surface area contributed by atoms with Crippen molar-refractivity contribution in [3.05, 3.63) is 60.2 Å². The van der Waals surface area contributed by atoms with Crippen LogP contribution < -0.4 is 9.47 Å². The van der Waals surface area contributed by atoms with Gasteiger partial charge in [-0.15, -0.1) is 0 Å². The molecule has 2 aromatic rings. The Hall–Kier alpha value is -3.28. The molecule has 0 unspecified atom stereocenters. The number of hydrogen-bond donors (Lipinski definition) is 0. The summed E-state index contributed by atoms with van der Waals surface area (Å²) in [5.74, 6) is 1.69. The lowest BCUT2D eigenvalue weighted by atomic mass is 9.77. The quantitative estimate of drug-likeness (QED) is 0.130. The molecule has 0 radical (unpaired) electrons. The van der Waals surface area contributed by atoms with E-state index < -0.39 is 12.1 Å². The molecule has 1 saturated carbocycles. The van der Waals surface area contributed by atoms with Gasteiger partial charge < -0.3 is 18.9 Å². The lowest BCUT2D eigenvalue weighted by Crippen LogP contribution is -2.31. The predicted molar refractivity (Wildman–Crippen MR) is 147 cm³/mol. The van der Waals surface area contributed by atoms with E-state index in [1.54, 1.807) is 13.0 Å². The summed E-state index contributed by atoms with van der Waals surface area (Å²) < 4.78 is 21.4. The number of cyclic esters (lactones) is 2. The topological polar surface area (TPSA) is 71.1 Å². The fraction of sp³-hybridized carbons (Fsp3) is 0.500. The lowest BCUT2D eigenvalue weighted by molar-refractivity contribution is -0.130. The zero-order valence-corrected chi connectivity index (χ0v) is 22.7. The van der Waals surface area contributed by atoms with E-state index in [0.29, 0.717) is 23.0 Å². The molecular weight excluding hydrogens is 480 g/mol. The highest BCUT2D eigenvalue weighted by Crippen LogP contribution is 2.39. The van der Waals surface area contributed by atoms with Crippen molar-refractivity contribution < 1.29 is 28.5 Å².